The van der Waals surface area contributed by atoms with Gasteiger partial charge in [-0.2, -0.15) is 0 Å². The van der Waals surface area contributed by atoms with E-state index in [0.717, 1.165) is 28.3 Å². The van der Waals surface area contributed by atoms with Crippen LogP contribution >= 0.6 is 23.4 Å². The van der Waals surface area contributed by atoms with E-state index < -0.39 is 0 Å². The summed E-state index contributed by atoms with van der Waals surface area (Å²) < 4.78 is 2.22. The average Bonchev–Trinajstić information content (AvgIpc) is 3.15. The number of halogens is 1. The van der Waals surface area contributed by atoms with Crippen LogP contribution in [0.4, 0.5) is 0 Å². The zero-order chi connectivity index (χ0) is 15.4. The number of hydrogen-bond acceptors (Lipinski definition) is 3. The molecule has 3 rings (SSSR count). The van der Waals surface area contributed by atoms with Gasteiger partial charge in [0.2, 0.25) is 0 Å². The second-order valence-corrected chi connectivity index (χ2v) is 7.02. The highest BCUT2D eigenvalue weighted by molar-refractivity contribution is 7.98. The molecule has 5 heteroatoms. The summed E-state index contributed by atoms with van der Waals surface area (Å²) in [6, 6.07) is 7.97. The first-order valence-electron chi connectivity index (χ1n) is 7.69. The van der Waals surface area contributed by atoms with Crippen LogP contribution in [0.5, 0.6) is 0 Å². The summed E-state index contributed by atoms with van der Waals surface area (Å²) in [7, 11) is 0. The Balaban J connectivity index is 1.76. The second kappa shape index (κ2) is 7.34. The molecule has 1 aromatic heterocycles. The van der Waals surface area contributed by atoms with Gasteiger partial charge in [-0.1, -0.05) is 54.4 Å². The molecule has 3 nitrogen and oxygen atoms in total. The first-order chi connectivity index (χ1) is 10.8. The molecule has 22 heavy (non-hydrogen) atoms. The molecule has 0 N–H and O–H groups in total. The summed E-state index contributed by atoms with van der Waals surface area (Å²) in [6.45, 7) is 4.65. The van der Waals surface area contributed by atoms with Gasteiger partial charge in [0, 0.05) is 23.2 Å². The van der Waals surface area contributed by atoms with Crippen molar-refractivity contribution < 1.29 is 0 Å². The summed E-state index contributed by atoms with van der Waals surface area (Å²) in [4.78, 5) is 0. The number of hydrogen-bond donors (Lipinski definition) is 0. The van der Waals surface area contributed by atoms with Crippen molar-refractivity contribution in [2.24, 2.45) is 0 Å². The molecular weight excluding hydrogens is 314 g/mol. The Labute approximate surface area is 140 Å². The maximum atomic E-state index is 6.04. The Kier molecular flexibility index (Phi) is 5.21. The van der Waals surface area contributed by atoms with E-state index >= 15 is 0 Å². The third-order valence-corrected chi connectivity index (χ3v) is 5.31. The minimum atomic E-state index is 0.563. The van der Waals surface area contributed by atoms with Gasteiger partial charge in [0.05, 0.1) is 0 Å². The Bertz CT molecular complexity index is 647. The van der Waals surface area contributed by atoms with Gasteiger partial charge in [0.1, 0.15) is 5.82 Å². The van der Waals surface area contributed by atoms with Crippen molar-refractivity contribution in [1.82, 2.24) is 14.8 Å². The molecule has 1 aliphatic carbocycles. The molecule has 1 aromatic carbocycles. The lowest BCUT2D eigenvalue weighted by atomic mass is 10.1. The Morgan fingerprint density at radius 2 is 2.14 bits per heavy atom. The van der Waals surface area contributed by atoms with Crippen LogP contribution in [0.2, 0.25) is 5.02 Å². The van der Waals surface area contributed by atoms with Crippen LogP contribution in [-0.2, 0) is 12.3 Å². The highest BCUT2D eigenvalue weighted by atomic mass is 35.5. The zero-order valence-corrected chi connectivity index (χ0v) is 14.1. The molecule has 1 heterocycles. The van der Waals surface area contributed by atoms with Crippen LogP contribution in [-0.4, -0.2) is 14.8 Å². The van der Waals surface area contributed by atoms with Crippen LogP contribution in [0.3, 0.4) is 0 Å². The fourth-order valence-corrected chi connectivity index (χ4v) is 4.08. The molecule has 0 spiro atoms. The molecule has 0 atom stereocenters. The van der Waals surface area contributed by atoms with E-state index in [1.54, 1.807) is 11.8 Å². The third kappa shape index (κ3) is 3.55. The monoisotopic (exact) mass is 333 g/mol. The largest absolute Gasteiger partial charge is 0.302 e. The number of aromatic nitrogens is 3. The summed E-state index contributed by atoms with van der Waals surface area (Å²) in [5.41, 5.74) is 1.20. The SMILES string of the molecule is C=CCn1c(SCc2cccc(Cl)c2)nnc1C1CCCC1. The Morgan fingerprint density at radius 3 is 2.86 bits per heavy atom. The lowest BCUT2D eigenvalue weighted by Crippen LogP contribution is -2.07. The zero-order valence-electron chi connectivity index (χ0n) is 12.5. The first-order valence-corrected chi connectivity index (χ1v) is 9.05. The maximum absolute atomic E-state index is 6.04. The highest BCUT2D eigenvalue weighted by Gasteiger charge is 2.24. The second-order valence-electron chi connectivity index (χ2n) is 5.64. The van der Waals surface area contributed by atoms with E-state index in [9.17, 15) is 0 Å². The third-order valence-electron chi connectivity index (χ3n) is 4.03. The van der Waals surface area contributed by atoms with E-state index in [1.807, 2.05) is 24.3 Å². The van der Waals surface area contributed by atoms with E-state index in [0.29, 0.717) is 5.92 Å². The number of benzene rings is 1. The van der Waals surface area contributed by atoms with Crippen molar-refractivity contribution in [1.29, 1.82) is 0 Å². The minimum Gasteiger partial charge on any atom is -0.302 e. The van der Waals surface area contributed by atoms with Gasteiger partial charge < -0.3 is 4.57 Å². The molecule has 1 fully saturated rings. The maximum Gasteiger partial charge on any atom is 0.191 e. The molecule has 0 unspecified atom stereocenters. The Morgan fingerprint density at radius 1 is 1.32 bits per heavy atom. The number of thioether (sulfide) groups is 1. The minimum absolute atomic E-state index is 0.563. The van der Waals surface area contributed by atoms with Gasteiger partial charge in [-0.15, -0.1) is 16.8 Å². The molecular formula is C17H20ClN3S. The molecule has 1 aliphatic rings. The van der Waals surface area contributed by atoms with E-state index in [1.165, 1.54) is 31.2 Å². The summed E-state index contributed by atoms with van der Waals surface area (Å²) in [5, 5.41) is 10.6. The van der Waals surface area contributed by atoms with Gasteiger partial charge in [-0.25, -0.2) is 0 Å². The molecule has 0 radical (unpaired) electrons. The molecule has 0 saturated heterocycles. The van der Waals surface area contributed by atoms with Crippen molar-refractivity contribution in [3.63, 3.8) is 0 Å². The van der Waals surface area contributed by atoms with Crippen molar-refractivity contribution in [2.45, 2.75) is 49.1 Å². The molecule has 116 valence electrons. The lowest BCUT2D eigenvalue weighted by Gasteiger charge is -2.11. The smallest absolute Gasteiger partial charge is 0.191 e. The molecule has 0 bridgehead atoms. The van der Waals surface area contributed by atoms with Gasteiger partial charge >= 0.3 is 0 Å². The standard InChI is InChI=1S/C17H20ClN3S/c1-2-10-21-16(14-7-3-4-8-14)19-20-17(21)22-12-13-6-5-9-15(18)11-13/h2,5-6,9,11,14H,1,3-4,7-8,10,12H2. The van der Waals surface area contributed by atoms with Gasteiger partial charge in [-0.3, -0.25) is 0 Å². The summed E-state index contributed by atoms with van der Waals surface area (Å²) in [6.07, 6.45) is 6.99. The van der Waals surface area contributed by atoms with Gasteiger partial charge in [0.25, 0.3) is 0 Å². The van der Waals surface area contributed by atoms with Crippen LogP contribution in [0, 0.1) is 0 Å². The first kappa shape index (κ1) is 15.6. The predicted molar refractivity (Wildman–Crippen MR) is 92.4 cm³/mol. The topological polar surface area (TPSA) is 30.7 Å². The van der Waals surface area contributed by atoms with Crippen LogP contribution < -0.4 is 0 Å². The normalized spacial score (nSPS) is 15.3. The van der Waals surface area contributed by atoms with Crippen molar-refractivity contribution >= 4 is 23.4 Å². The lowest BCUT2D eigenvalue weighted by molar-refractivity contribution is 0.594. The highest BCUT2D eigenvalue weighted by Crippen LogP contribution is 2.35. The van der Waals surface area contributed by atoms with E-state index in [2.05, 4.69) is 27.4 Å². The number of rotatable bonds is 6. The van der Waals surface area contributed by atoms with Gasteiger partial charge in [0.15, 0.2) is 5.16 Å². The fraction of sp³-hybridized carbons (Fsp3) is 0.412. The Hall–Kier alpha value is -1.26. The average molecular weight is 334 g/mol. The van der Waals surface area contributed by atoms with E-state index in [-0.39, 0.29) is 0 Å². The molecule has 1 saturated carbocycles. The molecule has 2 aromatic rings. The number of nitrogens with zero attached hydrogens (tertiary/aromatic N) is 3. The fourth-order valence-electron chi connectivity index (χ4n) is 2.97. The van der Waals surface area contributed by atoms with Crippen molar-refractivity contribution in [2.75, 3.05) is 0 Å². The van der Waals surface area contributed by atoms with Gasteiger partial charge in [-0.05, 0) is 30.5 Å². The summed E-state index contributed by atoms with van der Waals surface area (Å²) >= 11 is 7.75. The van der Waals surface area contributed by atoms with Crippen LogP contribution in [0.15, 0.2) is 42.1 Å². The van der Waals surface area contributed by atoms with Crippen LogP contribution in [0.1, 0.15) is 43.0 Å². The van der Waals surface area contributed by atoms with Crippen LogP contribution in [0.25, 0.3) is 0 Å². The molecule has 0 aliphatic heterocycles. The van der Waals surface area contributed by atoms with Crippen molar-refractivity contribution in [3.8, 4) is 0 Å². The van der Waals surface area contributed by atoms with Crippen molar-refractivity contribution in [3.05, 3.63) is 53.3 Å². The predicted octanol–water partition coefficient (Wildman–Crippen LogP) is 5.07. The quantitative estimate of drug-likeness (QED) is 0.546. The molecule has 0 amide bonds. The summed E-state index contributed by atoms with van der Waals surface area (Å²) in [5.74, 6) is 2.54. The van der Waals surface area contributed by atoms with E-state index in [4.69, 9.17) is 11.6 Å². The number of allylic oxidation sites excluding steroid dienone is 1.